The maximum absolute atomic E-state index is 13.9. The minimum atomic E-state index is -0.988. The van der Waals surface area contributed by atoms with E-state index < -0.39 is 17.4 Å². The van der Waals surface area contributed by atoms with E-state index in [0.717, 1.165) is 11.6 Å². The molecule has 7 heteroatoms. The molecular weight excluding hydrogens is 330 g/mol. The van der Waals surface area contributed by atoms with Gasteiger partial charge < -0.3 is 4.74 Å². The lowest BCUT2D eigenvalue weighted by Gasteiger charge is -2.11. The van der Waals surface area contributed by atoms with Crippen molar-refractivity contribution in [3.63, 3.8) is 0 Å². The number of hydrogen-bond donors (Lipinski definition) is 0. The van der Waals surface area contributed by atoms with Gasteiger partial charge in [-0.3, -0.25) is 14.0 Å². The van der Waals surface area contributed by atoms with E-state index in [-0.39, 0.29) is 29.2 Å². The highest BCUT2D eigenvalue weighted by Crippen LogP contribution is 2.25. The summed E-state index contributed by atoms with van der Waals surface area (Å²) in [5.41, 5.74) is 1.08. The monoisotopic (exact) mass is 344 g/mol. The second-order valence-electron chi connectivity index (χ2n) is 5.63. The molecule has 1 aromatic carbocycles. The Morgan fingerprint density at radius 1 is 1.24 bits per heavy atom. The zero-order chi connectivity index (χ0) is 18.1. The molecule has 0 N–H and O–H groups in total. The quantitative estimate of drug-likeness (QED) is 0.683. The summed E-state index contributed by atoms with van der Waals surface area (Å²) in [5, 5.41) is 0. The van der Waals surface area contributed by atoms with E-state index in [1.807, 2.05) is 6.92 Å². The largest absolute Gasteiger partial charge is 0.483 e. The van der Waals surface area contributed by atoms with Gasteiger partial charge in [0.05, 0.1) is 11.3 Å². The highest BCUT2D eigenvalue weighted by molar-refractivity contribution is 5.96. The van der Waals surface area contributed by atoms with Crippen LogP contribution in [0.25, 0.3) is 5.65 Å². The van der Waals surface area contributed by atoms with Gasteiger partial charge in [0.1, 0.15) is 18.1 Å². The molecule has 3 aromatic rings. The van der Waals surface area contributed by atoms with Crippen LogP contribution in [0.15, 0.2) is 41.3 Å². The zero-order valence-corrected chi connectivity index (χ0v) is 13.5. The van der Waals surface area contributed by atoms with Crippen LogP contribution in [0.2, 0.25) is 0 Å². The first-order chi connectivity index (χ1) is 11.8. The first kappa shape index (κ1) is 16.8. The molecule has 0 fully saturated rings. The summed E-state index contributed by atoms with van der Waals surface area (Å²) < 4.78 is 33.9. The summed E-state index contributed by atoms with van der Waals surface area (Å²) in [7, 11) is 0. The number of aromatic nitrogens is 2. The number of pyridine rings is 1. The predicted octanol–water partition coefficient (Wildman–Crippen LogP) is 3.06. The van der Waals surface area contributed by atoms with Gasteiger partial charge in [-0.25, -0.2) is 13.8 Å². The number of ketones is 1. The van der Waals surface area contributed by atoms with Crippen LogP contribution in [-0.4, -0.2) is 15.2 Å². The average molecular weight is 344 g/mol. The number of nitrogens with zero attached hydrogens (tertiary/aromatic N) is 2. The van der Waals surface area contributed by atoms with E-state index in [1.165, 1.54) is 17.4 Å². The zero-order valence-electron chi connectivity index (χ0n) is 13.5. The van der Waals surface area contributed by atoms with Crippen LogP contribution in [0.1, 0.15) is 28.5 Å². The molecule has 25 heavy (non-hydrogen) atoms. The molecule has 0 spiro atoms. The summed E-state index contributed by atoms with van der Waals surface area (Å²) in [4.78, 5) is 28.0. The minimum absolute atomic E-state index is 0.203. The first-order valence-corrected chi connectivity index (χ1v) is 7.47. The van der Waals surface area contributed by atoms with Gasteiger partial charge in [0.15, 0.2) is 17.3 Å². The Morgan fingerprint density at radius 2 is 2.00 bits per heavy atom. The summed E-state index contributed by atoms with van der Waals surface area (Å²) >= 11 is 0. The summed E-state index contributed by atoms with van der Waals surface area (Å²) in [6, 6.07) is 6.29. The molecule has 2 aromatic heterocycles. The van der Waals surface area contributed by atoms with Crippen molar-refractivity contribution >= 4 is 11.4 Å². The Bertz CT molecular complexity index is 1040. The van der Waals surface area contributed by atoms with Gasteiger partial charge in [-0.2, -0.15) is 0 Å². The molecule has 128 valence electrons. The van der Waals surface area contributed by atoms with Crippen LogP contribution in [0, 0.1) is 18.6 Å². The average Bonchev–Trinajstić information content (AvgIpc) is 2.54. The van der Waals surface area contributed by atoms with Gasteiger partial charge >= 0.3 is 0 Å². The van der Waals surface area contributed by atoms with Crippen molar-refractivity contribution in [3.05, 3.63) is 75.3 Å². The lowest BCUT2D eigenvalue weighted by atomic mass is 10.1. The third-order valence-corrected chi connectivity index (χ3v) is 3.61. The standard InChI is InChI=1S/C18H14F2N2O3/c1-10-3-4-16-21-13(7-17(24)22(16)8-10)9-25-18-14(11(2)23)5-12(19)6-15(18)20/h3-8H,9H2,1-2H3. The van der Waals surface area contributed by atoms with E-state index in [1.54, 1.807) is 18.3 Å². The topological polar surface area (TPSA) is 60.7 Å². The SMILES string of the molecule is CC(=O)c1cc(F)cc(F)c1OCc1cc(=O)n2cc(C)ccc2n1. The van der Waals surface area contributed by atoms with Crippen LogP contribution < -0.4 is 10.3 Å². The third-order valence-electron chi connectivity index (χ3n) is 3.61. The second kappa shape index (κ2) is 6.43. The fraction of sp³-hybridized carbons (Fsp3) is 0.167. The molecule has 0 aliphatic carbocycles. The molecule has 0 aliphatic heterocycles. The maximum Gasteiger partial charge on any atom is 0.258 e. The number of carbonyl (C=O) groups excluding carboxylic acids is 1. The van der Waals surface area contributed by atoms with Gasteiger partial charge in [0, 0.05) is 18.3 Å². The van der Waals surface area contributed by atoms with E-state index in [2.05, 4.69) is 4.98 Å². The lowest BCUT2D eigenvalue weighted by Crippen LogP contribution is -2.17. The van der Waals surface area contributed by atoms with Crippen LogP contribution in [-0.2, 0) is 6.61 Å². The van der Waals surface area contributed by atoms with Crippen molar-refractivity contribution in [3.8, 4) is 5.75 Å². The van der Waals surface area contributed by atoms with Crippen LogP contribution >= 0.6 is 0 Å². The molecule has 0 aliphatic rings. The van der Waals surface area contributed by atoms with E-state index >= 15 is 0 Å². The number of aryl methyl sites for hydroxylation is 1. The van der Waals surface area contributed by atoms with Gasteiger partial charge in [-0.05, 0) is 31.5 Å². The smallest absolute Gasteiger partial charge is 0.258 e. The molecule has 0 unspecified atom stereocenters. The predicted molar refractivity (Wildman–Crippen MR) is 86.9 cm³/mol. The first-order valence-electron chi connectivity index (χ1n) is 7.47. The highest BCUT2D eigenvalue weighted by atomic mass is 19.1. The normalized spacial score (nSPS) is 10.9. The summed E-state index contributed by atoms with van der Waals surface area (Å²) in [6.07, 6.45) is 1.66. The Labute approximate surface area is 141 Å². The van der Waals surface area contributed by atoms with Crippen molar-refractivity contribution in [2.45, 2.75) is 20.5 Å². The molecule has 5 nitrogen and oxygen atoms in total. The number of carbonyl (C=O) groups is 1. The Morgan fingerprint density at radius 3 is 2.72 bits per heavy atom. The summed E-state index contributed by atoms with van der Waals surface area (Å²) in [6.45, 7) is 2.80. The number of halogens is 2. The van der Waals surface area contributed by atoms with Gasteiger partial charge in [-0.15, -0.1) is 0 Å². The molecule has 0 saturated heterocycles. The Kier molecular flexibility index (Phi) is 4.31. The van der Waals surface area contributed by atoms with Crippen molar-refractivity contribution in [1.82, 2.24) is 9.38 Å². The highest BCUT2D eigenvalue weighted by Gasteiger charge is 2.17. The number of fused-ring (bicyclic) bond motifs is 1. The molecule has 2 heterocycles. The number of hydrogen-bond acceptors (Lipinski definition) is 4. The lowest BCUT2D eigenvalue weighted by molar-refractivity contribution is 0.101. The van der Waals surface area contributed by atoms with Crippen molar-refractivity contribution in [2.75, 3.05) is 0 Å². The molecule has 0 atom stereocenters. The van der Waals surface area contributed by atoms with Crippen LogP contribution in [0.4, 0.5) is 8.78 Å². The van der Waals surface area contributed by atoms with E-state index in [9.17, 15) is 18.4 Å². The number of ether oxygens (including phenoxy) is 1. The molecule has 0 radical (unpaired) electrons. The Balaban J connectivity index is 1.95. The van der Waals surface area contributed by atoms with E-state index in [4.69, 9.17) is 4.74 Å². The van der Waals surface area contributed by atoms with Gasteiger partial charge in [0.25, 0.3) is 5.56 Å². The third kappa shape index (κ3) is 3.40. The number of rotatable bonds is 4. The molecule has 0 amide bonds. The van der Waals surface area contributed by atoms with Gasteiger partial charge in [-0.1, -0.05) is 6.07 Å². The Hall–Kier alpha value is -3.09. The van der Waals surface area contributed by atoms with E-state index in [0.29, 0.717) is 11.7 Å². The molecular formula is C18H14F2N2O3. The summed E-state index contributed by atoms with van der Waals surface area (Å²) in [5.74, 6) is -2.75. The van der Waals surface area contributed by atoms with Gasteiger partial charge in [0.2, 0.25) is 0 Å². The minimum Gasteiger partial charge on any atom is -0.483 e. The van der Waals surface area contributed by atoms with Crippen molar-refractivity contribution in [2.24, 2.45) is 0 Å². The number of benzene rings is 1. The van der Waals surface area contributed by atoms with Crippen molar-refractivity contribution < 1.29 is 18.3 Å². The fourth-order valence-electron chi connectivity index (χ4n) is 2.45. The van der Waals surface area contributed by atoms with Crippen LogP contribution in [0.3, 0.4) is 0 Å². The molecule has 0 saturated carbocycles. The van der Waals surface area contributed by atoms with Crippen molar-refractivity contribution in [1.29, 1.82) is 0 Å². The second-order valence-corrected chi connectivity index (χ2v) is 5.63. The van der Waals surface area contributed by atoms with Crippen LogP contribution in [0.5, 0.6) is 5.75 Å². The number of Topliss-reactive ketones (excluding diaryl/α,β-unsaturated/α-hetero) is 1. The fourth-order valence-corrected chi connectivity index (χ4v) is 2.45. The maximum atomic E-state index is 13.9. The molecule has 0 bridgehead atoms. The molecule has 3 rings (SSSR count).